The van der Waals surface area contributed by atoms with Gasteiger partial charge in [-0.25, -0.2) is 0 Å². The molecule has 2 aromatic heterocycles. The van der Waals surface area contributed by atoms with Crippen molar-refractivity contribution < 1.29 is 28.4 Å². The molecule has 4 heterocycles. The number of anilines is 4. The first-order chi connectivity index (χ1) is 21.7. The Labute approximate surface area is 256 Å². The third-order valence-corrected chi connectivity index (χ3v) is 7.13. The Kier molecular flexibility index (Phi) is 9.29. The third kappa shape index (κ3) is 7.16. The molecule has 2 aliphatic rings. The number of aromatic nitrogens is 2. The molecule has 44 heavy (non-hydrogen) atoms. The second-order valence-corrected chi connectivity index (χ2v) is 10.0. The van der Waals surface area contributed by atoms with Gasteiger partial charge in [0.25, 0.3) is 0 Å². The van der Waals surface area contributed by atoms with E-state index in [-0.39, 0.29) is 12.3 Å². The van der Waals surface area contributed by atoms with Crippen LogP contribution >= 0.6 is 0 Å². The van der Waals surface area contributed by atoms with Crippen LogP contribution in [0.1, 0.15) is 23.7 Å². The van der Waals surface area contributed by atoms with E-state index in [2.05, 4.69) is 31.2 Å². The number of nitrogens with one attached hydrogen (secondary N) is 4. The van der Waals surface area contributed by atoms with Crippen LogP contribution in [0.25, 0.3) is 0 Å². The highest BCUT2D eigenvalue weighted by molar-refractivity contribution is 5.77. The molecular formula is C32H36N6O6. The summed E-state index contributed by atoms with van der Waals surface area (Å²) in [5.41, 5.74) is 5.72. The highest BCUT2D eigenvalue weighted by Crippen LogP contribution is 2.38. The molecule has 4 N–H and O–H groups in total. The normalized spacial score (nSPS) is 16.0. The molecule has 6 rings (SSSR count). The largest absolute Gasteiger partial charge is 0.497 e. The first kappa shape index (κ1) is 29.1. The van der Waals surface area contributed by atoms with Crippen LogP contribution in [0.3, 0.4) is 0 Å². The molecule has 2 aliphatic heterocycles. The van der Waals surface area contributed by atoms with Crippen molar-refractivity contribution in [2.45, 2.75) is 12.3 Å². The average Bonchev–Trinajstić information content (AvgIpc) is 3.70. The fourth-order valence-corrected chi connectivity index (χ4v) is 4.84. The quantitative estimate of drug-likeness (QED) is 0.136. The summed E-state index contributed by atoms with van der Waals surface area (Å²) < 4.78 is 33.3. The van der Waals surface area contributed by atoms with Crippen molar-refractivity contribution in [3.8, 4) is 23.0 Å². The van der Waals surface area contributed by atoms with E-state index < -0.39 is 0 Å². The summed E-state index contributed by atoms with van der Waals surface area (Å²) in [6.07, 6.45) is 3.21. The summed E-state index contributed by atoms with van der Waals surface area (Å²) in [6, 6.07) is 19.4. The van der Waals surface area contributed by atoms with Crippen LogP contribution in [0.15, 0.2) is 73.1 Å². The SMILES string of the molecule is COc1ccc2c(c1)NC(c1ccc(OCCOCCOCCOc3ccc(C4Nc5ccc(OC)cc5N4)nc3)cn1)N2. The van der Waals surface area contributed by atoms with E-state index in [1.165, 1.54) is 0 Å². The predicted octanol–water partition coefficient (Wildman–Crippen LogP) is 5.06. The number of benzene rings is 2. The van der Waals surface area contributed by atoms with Crippen molar-refractivity contribution in [3.63, 3.8) is 0 Å². The Bertz CT molecular complexity index is 1410. The molecule has 0 fully saturated rings. The molecule has 12 heteroatoms. The first-order valence-corrected chi connectivity index (χ1v) is 14.4. The van der Waals surface area contributed by atoms with E-state index in [1.807, 2.05) is 60.7 Å². The zero-order chi connectivity index (χ0) is 30.1. The van der Waals surface area contributed by atoms with Gasteiger partial charge in [-0.05, 0) is 48.5 Å². The number of methoxy groups -OCH3 is 2. The topological polar surface area (TPSA) is 129 Å². The highest BCUT2D eigenvalue weighted by Gasteiger charge is 2.23. The van der Waals surface area contributed by atoms with Crippen LogP contribution in [0.4, 0.5) is 22.7 Å². The summed E-state index contributed by atoms with van der Waals surface area (Å²) in [7, 11) is 3.31. The summed E-state index contributed by atoms with van der Waals surface area (Å²) in [5.74, 6) is 2.98. The van der Waals surface area contributed by atoms with E-state index in [0.29, 0.717) is 51.1 Å². The molecule has 0 amide bonds. The van der Waals surface area contributed by atoms with Gasteiger partial charge in [-0.3, -0.25) is 9.97 Å². The molecule has 0 bridgehead atoms. The van der Waals surface area contributed by atoms with Crippen molar-refractivity contribution in [2.24, 2.45) is 0 Å². The molecule has 0 radical (unpaired) electrons. The maximum absolute atomic E-state index is 5.75. The molecule has 4 aromatic rings. The Balaban J connectivity index is 0.803. The number of hydrogen-bond acceptors (Lipinski definition) is 12. The lowest BCUT2D eigenvalue weighted by Crippen LogP contribution is -2.15. The Morgan fingerprint density at radius 2 is 0.909 bits per heavy atom. The molecule has 0 aliphatic carbocycles. The molecule has 0 spiro atoms. The lowest BCUT2D eigenvalue weighted by Gasteiger charge is -2.13. The minimum atomic E-state index is -0.112. The zero-order valence-electron chi connectivity index (χ0n) is 24.7. The maximum Gasteiger partial charge on any atom is 0.141 e. The van der Waals surface area contributed by atoms with Crippen LogP contribution in [0.2, 0.25) is 0 Å². The van der Waals surface area contributed by atoms with Crippen LogP contribution in [-0.4, -0.2) is 63.8 Å². The van der Waals surface area contributed by atoms with Gasteiger partial charge in [0.2, 0.25) is 0 Å². The molecular weight excluding hydrogens is 564 g/mol. The Hall–Kier alpha value is -4.94. The summed E-state index contributed by atoms with van der Waals surface area (Å²) >= 11 is 0. The fourth-order valence-electron chi connectivity index (χ4n) is 4.84. The van der Waals surface area contributed by atoms with E-state index in [9.17, 15) is 0 Å². The lowest BCUT2D eigenvalue weighted by atomic mass is 10.2. The van der Waals surface area contributed by atoms with Gasteiger partial charge in [0, 0.05) is 12.1 Å². The molecule has 0 saturated heterocycles. The number of pyridine rings is 2. The van der Waals surface area contributed by atoms with Crippen LogP contribution < -0.4 is 40.2 Å². The minimum Gasteiger partial charge on any atom is -0.497 e. The van der Waals surface area contributed by atoms with Crippen LogP contribution in [-0.2, 0) is 9.47 Å². The fraction of sp³-hybridized carbons (Fsp3) is 0.312. The Morgan fingerprint density at radius 3 is 1.32 bits per heavy atom. The third-order valence-electron chi connectivity index (χ3n) is 7.13. The van der Waals surface area contributed by atoms with E-state index in [4.69, 9.17) is 28.4 Å². The van der Waals surface area contributed by atoms with E-state index >= 15 is 0 Å². The van der Waals surface area contributed by atoms with Gasteiger partial charge < -0.3 is 49.7 Å². The molecule has 12 nitrogen and oxygen atoms in total. The van der Waals surface area contributed by atoms with Gasteiger partial charge in [-0.1, -0.05) is 0 Å². The zero-order valence-corrected chi connectivity index (χ0v) is 24.7. The average molecular weight is 601 g/mol. The molecule has 2 atom stereocenters. The van der Waals surface area contributed by atoms with Gasteiger partial charge in [0.05, 0.1) is 87.2 Å². The van der Waals surface area contributed by atoms with E-state index in [1.54, 1.807) is 26.6 Å². The number of fused-ring (bicyclic) bond motifs is 2. The second-order valence-electron chi connectivity index (χ2n) is 10.0. The van der Waals surface area contributed by atoms with E-state index in [0.717, 1.165) is 45.6 Å². The maximum atomic E-state index is 5.75. The van der Waals surface area contributed by atoms with Crippen molar-refractivity contribution in [1.29, 1.82) is 0 Å². The number of rotatable bonds is 15. The summed E-state index contributed by atoms with van der Waals surface area (Å²) in [5, 5.41) is 13.6. The Morgan fingerprint density at radius 1 is 0.500 bits per heavy atom. The molecule has 0 saturated carbocycles. The lowest BCUT2D eigenvalue weighted by molar-refractivity contribution is 0.0273. The summed E-state index contributed by atoms with van der Waals surface area (Å²) in [4.78, 5) is 9.07. The van der Waals surface area contributed by atoms with Gasteiger partial charge in [0.15, 0.2) is 0 Å². The number of nitrogens with zero attached hydrogens (tertiary/aromatic N) is 2. The van der Waals surface area contributed by atoms with Gasteiger partial charge in [-0.15, -0.1) is 0 Å². The van der Waals surface area contributed by atoms with Crippen molar-refractivity contribution in [3.05, 3.63) is 84.4 Å². The smallest absolute Gasteiger partial charge is 0.141 e. The molecule has 230 valence electrons. The van der Waals surface area contributed by atoms with Crippen LogP contribution in [0, 0.1) is 0 Å². The second kappa shape index (κ2) is 14.0. The van der Waals surface area contributed by atoms with Crippen molar-refractivity contribution in [2.75, 3.05) is 75.1 Å². The van der Waals surface area contributed by atoms with Crippen molar-refractivity contribution in [1.82, 2.24) is 9.97 Å². The monoisotopic (exact) mass is 600 g/mol. The molecule has 2 aromatic carbocycles. The molecule has 2 unspecified atom stereocenters. The van der Waals surface area contributed by atoms with Crippen molar-refractivity contribution >= 4 is 22.7 Å². The highest BCUT2D eigenvalue weighted by atomic mass is 16.6. The number of ether oxygens (including phenoxy) is 6. The standard InChI is InChI=1S/C32H36N6O6/c1-39-21-3-7-25-29(17-21)37-31(35-25)27-9-5-23(19-33-27)43-15-13-41-11-12-42-14-16-44-24-6-10-28(34-20-24)32-36-26-8-4-22(40-2)18-30(26)38-32/h3-10,17-20,31-32,35-38H,11-16H2,1-2H3. The van der Waals surface area contributed by atoms with Gasteiger partial charge in [-0.2, -0.15) is 0 Å². The number of hydrogen-bond donors (Lipinski definition) is 4. The van der Waals surface area contributed by atoms with Gasteiger partial charge >= 0.3 is 0 Å². The predicted molar refractivity (Wildman–Crippen MR) is 167 cm³/mol. The summed E-state index contributed by atoms with van der Waals surface area (Å²) in [6.45, 7) is 2.68. The van der Waals surface area contributed by atoms with Crippen LogP contribution in [0.5, 0.6) is 23.0 Å². The van der Waals surface area contributed by atoms with Gasteiger partial charge in [0.1, 0.15) is 48.5 Å². The minimum absolute atomic E-state index is 0.112. The first-order valence-electron chi connectivity index (χ1n) is 14.4.